The zero-order valence-electron chi connectivity index (χ0n) is 22.4. The van der Waals surface area contributed by atoms with E-state index in [1.165, 1.54) is 12.1 Å². The summed E-state index contributed by atoms with van der Waals surface area (Å²) in [4.78, 5) is 13.8. The third-order valence-corrected chi connectivity index (χ3v) is 8.84. The molecule has 7 rings (SSSR count). The number of hydrogen-bond donors (Lipinski definition) is 1. The maximum Gasteiger partial charge on any atom is 0.417 e. The molecule has 0 amide bonds. The number of aryl methyl sites for hydroxylation is 1. The van der Waals surface area contributed by atoms with Gasteiger partial charge in [-0.15, -0.1) is 0 Å². The van der Waals surface area contributed by atoms with Crippen LogP contribution in [-0.2, 0) is 17.5 Å². The summed E-state index contributed by atoms with van der Waals surface area (Å²) in [5.74, 6) is -0.356. The second kappa shape index (κ2) is 9.65. The van der Waals surface area contributed by atoms with Crippen LogP contribution in [0.2, 0.25) is 0 Å². The van der Waals surface area contributed by atoms with E-state index in [1.807, 2.05) is 19.1 Å². The molecule has 10 heteroatoms. The van der Waals surface area contributed by atoms with Gasteiger partial charge < -0.3 is 23.7 Å². The highest BCUT2D eigenvalue weighted by molar-refractivity contribution is 5.94. The summed E-state index contributed by atoms with van der Waals surface area (Å²) in [7, 11) is 0. The zero-order chi connectivity index (χ0) is 28.5. The SMILES string of the molecule is Cc1c(N2C3CCC2CC(OCc2c(-c4ccccc4C(F)(F)F)noc2C2CC2)C3)ccc2oc(C(=O)O)cc12. The topological polar surface area (TPSA) is 88.9 Å². The molecule has 4 aromatic rings. The van der Waals surface area contributed by atoms with Gasteiger partial charge in [0.1, 0.15) is 17.0 Å². The number of furan rings is 1. The Morgan fingerprint density at radius 3 is 2.51 bits per heavy atom. The Morgan fingerprint density at radius 2 is 1.83 bits per heavy atom. The molecule has 2 aliphatic heterocycles. The Balaban J connectivity index is 1.12. The van der Waals surface area contributed by atoms with Crippen LogP contribution in [0.25, 0.3) is 22.2 Å². The molecule has 3 fully saturated rings. The molecule has 1 N–H and O–H groups in total. The second-order valence-electron chi connectivity index (χ2n) is 11.4. The van der Waals surface area contributed by atoms with Crippen LogP contribution in [-0.4, -0.2) is 34.4 Å². The molecular formula is C31H29F3N2O5. The predicted octanol–water partition coefficient (Wildman–Crippen LogP) is 7.71. The fraction of sp³-hybridized carbons (Fsp3) is 0.419. The van der Waals surface area contributed by atoms with Crippen molar-refractivity contribution in [2.45, 2.75) is 82.3 Å². The number of carboxylic acids is 1. The van der Waals surface area contributed by atoms with Gasteiger partial charge in [-0.05, 0) is 75.3 Å². The minimum absolute atomic E-state index is 0.0142. The normalized spacial score (nSPS) is 22.5. The number of alkyl halides is 3. The lowest BCUT2D eigenvalue weighted by atomic mass is 9.96. The van der Waals surface area contributed by atoms with Gasteiger partial charge in [0, 0.05) is 40.2 Å². The maximum atomic E-state index is 13.8. The number of aromatic nitrogens is 1. The van der Waals surface area contributed by atoms with Gasteiger partial charge in [-0.3, -0.25) is 0 Å². The van der Waals surface area contributed by atoms with Crippen molar-refractivity contribution in [2.75, 3.05) is 4.90 Å². The molecule has 0 spiro atoms. The lowest BCUT2D eigenvalue weighted by Gasteiger charge is -2.41. The number of halogens is 3. The second-order valence-corrected chi connectivity index (χ2v) is 11.4. The van der Waals surface area contributed by atoms with E-state index < -0.39 is 17.7 Å². The number of anilines is 1. The standard InChI is InChI=1S/C31H29F3N2O5/c1-16-22-14-27(30(37)38)40-26(22)11-10-25(16)36-18-8-9-19(36)13-20(12-18)39-15-23-28(35-41-29(23)17-6-7-17)21-4-2-3-5-24(21)31(32,33)34/h2-5,10-11,14,17-20H,6-9,12-13,15H2,1H3,(H,37,38). The number of hydrogen-bond acceptors (Lipinski definition) is 6. The number of aromatic carboxylic acids is 1. The molecule has 2 aromatic heterocycles. The van der Waals surface area contributed by atoms with Crippen molar-refractivity contribution >= 4 is 22.6 Å². The van der Waals surface area contributed by atoms with Crippen LogP contribution in [0.4, 0.5) is 18.9 Å². The molecule has 3 aliphatic rings. The van der Waals surface area contributed by atoms with Crippen LogP contribution < -0.4 is 4.90 Å². The van der Waals surface area contributed by atoms with Gasteiger partial charge >= 0.3 is 12.1 Å². The number of rotatable bonds is 7. The summed E-state index contributed by atoms with van der Waals surface area (Å²) in [6.45, 7) is 2.14. The minimum Gasteiger partial charge on any atom is -0.475 e. The third kappa shape index (κ3) is 4.58. The van der Waals surface area contributed by atoms with Crippen LogP contribution in [0.5, 0.6) is 0 Å². The van der Waals surface area contributed by atoms with E-state index in [-0.39, 0.29) is 47.7 Å². The van der Waals surface area contributed by atoms with E-state index in [0.717, 1.165) is 61.2 Å². The highest BCUT2D eigenvalue weighted by Crippen LogP contribution is 2.47. The number of carbonyl (C=O) groups is 1. The highest BCUT2D eigenvalue weighted by Gasteiger charge is 2.43. The Bertz CT molecular complexity index is 1620. The van der Waals surface area contributed by atoms with E-state index in [0.29, 0.717) is 16.9 Å². The van der Waals surface area contributed by atoms with Gasteiger partial charge in [-0.25, -0.2) is 4.79 Å². The summed E-state index contributed by atoms with van der Waals surface area (Å²) >= 11 is 0. The molecule has 2 aromatic carbocycles. The molecular weight excluding hydrogens is 537 g/mol. The van der Waals surface area contributed by atoms with Crippen LogP contribution in [0.3, 0.4) is 0 Å². The number of nitrogens with zero attached hydrogens (tertiary/aromatic N) is 2. The molecule has 0 radical (unpaired) electrons. The molecule has 2 atom stereocenters. The largest absolute Gasteiger partial charge is 0.475 e. The molecule has 2 saturated heterocycles. The first-order chi connectivity index (χ1) is 19.7. The Kier molecular flexibility index (Phi) is 6.15. The van der Waals surface area contributed by atoms with Gasteiger partial charge in [-0.1, -0.05) is 23.4 Å². The summed E-state index contributed by atoms with van der Waals surface area (Å²) in [6, 6.07) is 11.4. The monoisotopic (exact) mass is 566 g/mol. The summed E-state index contributed by atoms with van der Waals surface area (Å²) < 4.78 is 59.0. The third-order valence-electron chi connectivity index (χ3n) is 8.84. The van der Waals surface area contributed by atoms with Gasteiger partial charge in [0.2, 0.25) is 5.76 Å². The lowest BCUT2D eigenvalue weighted by Crippen LogP contribution is -2.45. The maximum absolute atomic E-state index is 13.8. The average molecular weight is 567 g/mol. The first kappa shape index (κ1) is 26.1. The van der Waals surface area contributed by atoms with E-state index >= 15 is 0 Å². The van der Waals surface area contributed by atoms with Crippen LogP contribution in [0, 0.1) is 6.92 Å². The first-order valence-corrected chi connectivity index (χ1v) is 14.0. The van der Waals surface area contributed by atoms with E-state index in [2.05, 4.69) is 10.1 Å². The predicted molar refractivity (Wildman–Crippen MR) is 144 cm³/mol. The number of benzene rings is 2. The van der Waals surface area contributed by atoms with Gasteiger partial charge in [0.15, 0.2) is 0 Å². The molecule has 7 nitrogen and oxygen atoms in total. The van der Waals surface area contributed by atoms with Crippen molar-refractivity contribution in [3.05, 3.63) is 70.7 Å². The molecule has 4 heterocycles. The molecule has 1 aliphatic carbocycles. The molecule has 2 bridgehead atoms. The molecule has 1 saturated carbocycles. The van der Waals surface area contributed by atoms with E-state index in [4.69, 9.17) is 13.7 Å². The zero-order valence-corrected chi connectivity index (χ0v) is 22.4. The summed E-state index contributed by atoms with van der Waals surface area (Å²) in [5.41, 5.74) is 2.73. The van der Waals surface area contributed by atoms with Crippen LogP contribution >= 0.6 is 0 Å². The Labute approximate surface area is 233 Å². The Hall–Kier alpha value is -3.79. The molecule has 214 valence electrons. The lowest BCUT2D eigenvalue weighted by molar-refractivity contribution is -0.137. The summed E-state index contributed by atoms with van der Waals surface area (Å²) in [6.07, 6.45) is 0.909. The first-order valence-electron chi connectivity index (χ1n) is 14.0. The average Bonchev–Trinajstić information content (AvgIpc) is 3.44. The van der Waals surface area contributed by atoms with Crippen LogP contribution in [0.1, 0.15) is 77.4 Å². The van der Waals surface area contributed by atoms with Crippen molar-refractivity contribution in [1.29, 1.82) is 0 Å². The van der Waals surface area contributed by atoms with Gasteiger partial charge in [0.05, 0.1) is 18.3 Å². The van der Waals surface area contributed by atoms with Crippen molar-refractivity contribution < 1.29 is 36.7 Å². The van der Waals surface area contributed by atoms with Crippen molar-refractivity contribution in [3.8, 4) is 11.3 Å². The summed E-state index contributed by atoms with van der Waals surface area (Å²) in [5, 5.41) is 14.3. The Morgan fingerprint density at radius 1 is 1.10 bits per heavy atom. The number of fused-ring (bicyclic) bond motifs is 3. The molecule has 2 unspecified atom stereocenters. The quantitative estimate of drug-likeness (QED) is 0.245. The number of carboxylic acid groups (broad SMARTS) is 1. The highest BCUT2D eigenvalue weighted by atomic mass is 19.4. The minimum atomic E-state index is -4.51. The van der Waals surface area contributed by atoms with Gasteiger partial charge in [0.25, 0.3) is 0 Å². The van der Waals surface area contributed by atoms with Crippen molar-refractivity contribution in [3.63, 3.8) is 0 Å². The molecule has 41 heavy (non-hydrogen) atoms. The number of piperidine rings is 1. The van der Waals surface area contributed by atoms with Crippen LogP contribution in [0.15, 0.2) is 51.4 Å². The van der Waals surface area contributed by atoms with Gasteiger partial charge in [-0.2, -0.15) is 13.2 Å². The van der Waals surface area contributed by atoms with E-state index in [1.54, 1.807) is 12.1 Å². The van der Waals surface area contributed by atoms with Crippen molar-refractivity contribution in [1.82, 2.24) is 5.16 Å². The smallest absolute Gasteiger partial charge is 0.417 e. The fourth-order valence-electron chi connectivity index (χ4n) is 6.76. The van der Waals surface area contributed by atoms with Crippen molar-refractivity contribution in [2.24, 2.45) is 0 Å². The number of ether oxygens (including phenoxy) is 1. The van der Waals surface area contributed by atoms with E-state index in [9.17, 15) is 23.1 Å². The fourth-order valence-corrected chi connectivity index (χ4v) is 6.76.